The first-order chi connectivity index (χ1) is 23.1. The van der Waals surface area contributed by atoms with Gasteiger partial charge in [0.2, 0.25) is 0 Å². The zero-order valence-corrected chi connectivity index (χ0v) is 28.6. The first kappa shape index (κ1) is 30.0. The lowest BCUT2D eigenvalue weighted by Crippen LogP contribution is -2.11. The van der Waals surface area contributed by atoms with Crippen molar-refractivity contribution in [3.05, 3.63) is 145 Å². The number of hydrogen-bond donors (Lipinski definition) is 0. The average Bonchev–Trinajstić information content (AvgIpc) is 3.10. The predicted octanol–water partition coefficient (Wildman–Crippen LogP) is 12.7. The molecule has 2 heteroatoms. The van der Waals surface area contributed by atoms with E-state index in [9.17, 15) is 0 Å². The van der Waals surface area contributed by atoms with Crippen LogP contribution in [0.5, 0.6) is 0 Å². The number of aromatic nitrogens is 2. The van der Waals surface area contributed by atoms with Gasteiger partial charge in [-0.25, -0.2) is 0 Å². The van der Waals surface area contributed by atoms with Crippen molar-refractivity contribution < 1.29 is 0 Å². The Kier molecular flexibility index (Phi) is 6.96. The highest BCUT2D eigenvalue weighted by molar-refractivity contribution is 6.29. The third-order valence-corrected chi connectivity index (χ3v) is 9.86. The number of hydrogen-bond acceptors (Lipinski definition) is 2. The lowest BCUT2D eigenvalue weighted by molar-refractivity contribution is 0.589. The van der Waals surface area contributed by atoms with Gasteiger partial charge in [0.15, 0.2) is 0 Å². The van der Waals surface area contributed by atoms with Crippen molar-refractivity contribution in [3.8, 4) is 33.6 Å². The molecule has 0 atom stereocenters. The van der Waals surface area contributed by atoms with Crippen LogP contribution in [-0.4, -0.2) is 9.97 Å². The van der Waals surface area contributed by atoms with Crippen molar-refractivity contribution in [2.24, 2.45) is 0 Å². The lowest BCUT2D eigenvalue weighted by atomic mass is 9.84. The van der Waals surface area contributed by atoms with E-state index in [1.807, 2.05) is 12.4 Å². The third-order valence-electron chi connectivity index (χ3n) is 9.86. The smallest absolute Gasteiger partial charge is 0.0705 e. The molecule has 2 aromatic heterocycles. The fraction of sp³-hybridized carbons (Fsp3) is 0.174. The van der Waals surface area contributed by atoms with Gasteiger partial charge in [0.1, 0.15) is 0 Å². The van der Waals surface area contributed by atoms with Gasteiger partial charge in [-0.1, -0.05) is 120 Å². The van der Waals surface area contributed by atoms with Crippen molar-refractivity contribution in [3.63, 3.8) is 0 Å². The van der Waals surface area contributed by atoms with Gasteiger partial charge in [0.05, 0.1) is 11.4 Å². The summed E-state index contributed by atoms with van der Waals surface area (Å²) in [6.45, 7) is 13.5. The molecule has 8 rings (SSSR count). The molecule has 0 bridgehead atoms. The Morgan fingerprint density at radius 3 is 1.56 bits per heavy atom. The summed E-state index contributed by atoms with van der Waals surface area (Å²) < 4.78 is 0. The second kappa shape index (κ2) is 11.1. The average molecular weight is 621 g/mol. The molecule has 2 nitrogen and oxygen atoms in total. The number of rotatable bonds is 3. The minimum Gasteiger partial charge on any atom is -0.256 e. The molecule has 0 saturated carbocycles. The Hall–Kier alpha value is -5.34. The topological polar surface area (TPSA) is 25.8 Å². The van der Waals surface area contributed by atoms with E-state index in [1.165, 1.54) is 65.3 Å². The Balaban J connectivity index is 1.48. The number of nitrogens with zero attached hydrogens (tertiary/aromatic N) is 2. The minimum atomic E-state index is 0.0185. The van der Waals surface area contributed by atoms with E-state index in [2.05, 4.69) is 163 Å². The maximum absolute atomic E-state index is 4.94. The lowest BCUT2D eigenvalue weighted by Gasteiger charge is -2.21. The van der Waals surface area contributed by atoms with Gasteiger partial charge in [-0.15, -0.1) is 0 Å². The van der Waals surface area contributed by atoms with E-state index < -0.39 is 0 Å². The summed E-state index contributed by atoms with van der Waals surface area (Å²) in [4.78, 5) is 9.77. The van der Waals surface area contributed by atoms with Gasteiger partial charge in [-0.3, -0.25) is 9.97 Å². The molecule has 0 spiro atoms. The fourth-order valence-corrected chi connectivity index (χ4v) is 7.17. The van der Waals surface area contributed by atoms with Crippen molar-refractivity contribution in [2.75, 3.05) is 0 Å². The third kappa shape index (κ3) is 5.13. The van der Waals surface area contributed by atoms with Crippen LogP contribution in [0.2, 0.25) is 0 Å². The van der Waals surface area contributed by atoms with E-state index in [0.717, 1.165) is 22.5 Å². The van der Waals surface area contributed by atoms with Crippen LogP contribution in [0, 0.1) is 0 Å². The Bertz CT molecular complexity index is 2530. The van der Waals surface area contributed by atoms with Gasteiger partial charge >= 0.3 is 0 Å². The predicted molar refractivity (Wildman–Crippen MR) is 206 cm³/mol. The van der Waals surface area contributed by atoms with Crippen molar-refractivity contribution in [1.82, 2.24) is 9.97 Å². The maximum atomic E-state index is 4.94. The Labute approximate surface area is 283 Å². The fourth-order valence-electron chi connectivity index (χ4n) is 7.17. The van der Waals surface area contributed by atoms with Crippen LogP contribution in [0.3, 0.4) is 0 Å². The molecule has 48 heavy (non-hydrogen) atoms. The van der Waals surface area contributed by atoms with Gasteiger partial charge in [-0.2, -0.15) is 0 Å². The quantitative estimate of drug-likeness (QED) is 0.184. The molecule has 2 heterocycles. The standard InChI is InChI=1S/C46H40N2/c1-45(2,3)32-20-22-47-42(27-32)30-19-18-29-12-11-17-37(39(29)24-30)41-26-31(43-28-33(21-23-48-43)46(4,5)6)25-40-36-15-8-7-13-34(36)35-14-9-10-16-38(35)44(40)41/h7-28H,1-6H3. The first-order valence-electron chi connectivity index (χ1n) is 16.9. The number of fused-ring (bicyclic) bond motifs is 7. The monoisotopic (exact) mass is 620 g/mol. The minimum absolute atomic E-state index is 0.0185. The Morgan fingerprint density at radius 2 is 0.938 bits per heavy atom. The highest BCUT2D eigenvalue weighted by Crippen LogP contribution is 2.45. The summed E-state index contributed by atoms with van der Waals surface area (Å²) in [5.41, 5.74) is 9.27. The SMILES string of the molecule is CC(C)(C)c1ccnc(-c2ccc3cccc(-c4cc(-c5cc(C(C)(C)C)ccn5)cc5c6ccccc6c6ccccc6c45)c3c2)c1. The summed E-state index contributed by atoms with van der Waals surface area (Å²) in [5.74, 6) is 0. The normalized spacial score (nSPS) is 12.4. The largest absolute Gasteiger partial charge is 0.256 e. The van der Waals surface area contributed by atoms with Crippen molar-refractivity contribution in [2.45, 2.75) is 52.4 Å². The van der Waals surface area contributed by atoms with E-state index >= 15 is 0 Å². The van der Waals surface area contributed by atoms with Crippen molar-refractivity contribution in [1.29, 1.82) is 0 Å². The van der Waals surface area contributed by atoms with E-state index in [4.69, 9.17) is 9.97 Å². The van der Waals surface area contributed by atoms with Gasteiger partial charge in [0, 0.05) is 23.5 Å². The molecule has 0 saturated heterocycles. The first-order valence-corrected chi connectivity index (χ1v) is 16.9. The summed E-state index contributed by atoms with van der Waals surface area (Å²) in [5, 5.41) is 9.99. The maximum Gasteiger partial charge on any atom is 0.0705 e. The summed E-state index contributed by atoms with van der Waals surface area (Å²) >= 11 is 0. The van der Waals surface area contributed by atoms with Crippen molar-refractivity contribution >= 4 is 43.1 Å². The zero-order valence-electron chi connectivity index (χ0n) is 28.6. The molecule has 8 aromatic rings. The molecular weight excluding hydrogens is 581 g/mol. The van der Waals surface area contributed by atoms with Crippen LogP contribution < -0.4 is 0 Å². The summed E-state index contributed by atoms with van der Waals surface area (Å²) in [6.07, 6.45) is 3.90. The molecule has 0 unspecified atom stereocenters. The van der Waals surface area contributed by atoms with Crippen LogP contribution in [0.4, 0.5) is 0 Å². The van der Waals surface area contributed by atoms with Gasteiger partial charge < -0.3 is 0 Å². The number of benzene rings is 6. The number of pyridine rings is 2. The molecule has 6 aromatic carbocycles. The molecule has 0 N–H and O–H groups in total. The highest BCUT2D eigenvalue weighted by atomic mass is 14.7. The van der Waals surface area contributed by atoms with Gasteiger partial charge in [-0.05, 0) is 119 Å². The molecule has 0 fully saturated rings. The second-order valence-electron chi connectivity index (χ2n) is 15.1. The molecule has 0 radical (unpaired) electrons. The summed E-state index contributed by atoms with van der Waals surface area (Å²) in [6, 6.07) is 44.7. The van der Waals surface area contributed by atoms with Crippen LogP contribution in [0.25, 0.3) is 76.7 Å². The van der Waals surface area contributed by atoms with E-state index in [1.54, 1.807) is 0 Å². The molecule has 0 aliphatic carbocycles. The highest BCUT2D eigenvalue weighted by Gasteiger charge is 2.20. The van der Waals surface area contributed by atoms with E-state index in [-0.39, 0.29) is 10.8 Å². The molecule has 234 valence electrons. The molecule has 0 amide bonds. The van der Waals surface area contributed by atoms with Crippen LogP contribution in [-0.2, 0) is 10.8 Å². The van der Waals surface area contributed by atoms with E-state index in [0.29, 0.717) is 0 Å². The van der Waals surface area contributed by atoms with Crippen LogP contribution in [0.15, 0.2) is 134 Å². The molecule has 0 aliphatic rings. The second-order valence-corrected chi connectivity index (χ2v) is 15.1. The van der Waals surface area contributed by atoms with Gasteiger partial charge in [0.25, 0.3) is 0 Å². The zero-order chi connectivity index (χ0) is 33.2. The molecular formula is C46H40N2. The molecule has 0 aliphatic heterocycles. The van der Waals surface area contributed by atoms with Crippen LogP contribution in [0.1, 0.15) is 52.7 Å². The summed E-state index contributed by atoms with van der Waals surface area (Å²) in [7, 11) is 0. The Morgan fingerprint density at radius 1 is 0.396 bits per heavy atom. The van der Waals surface area contributed by atoms with Crippen LogP contribution >= 0.6 is 0 Å².